The number of likely N-dealkylation sites (tertiary alicyclic amines) is 1. The second-order valence-electron chi connectivity index (χ2n) is 6.60. The van der Waals surface area contributed by atoms with Gasteiger partial charge in [-0.1, -0.05) is 18.2 Å². The van der Waals surface area contributed by atoms with Gasteiger partial charge in [-0.05, 0) is 42.7 Å². The number of carbonyl (C=O) groups excluding carboxylic acids is 1. The van der Waals surface area contributed by atoms with Crippen molar-refractivity contribution in [3.63, 3.8) is 0 Å². The molecule has 0 spiro atoms. The first-order chi connectivity index (χ1) is 12.9. The highest BCUT2D eigenvalue weighted by Crippen LogP contribution is 2.32. The molecule has 0 saturated carbocycles. The molecule has 1 aromatic carbocycles. The summed E-state index contributed by atoms with van der Waals surface area (Å²) in [5.74, 6) is 0.591. The van der Waals surface area contributed by atoms with E-state index in [-0.39, 0.29) is 18.4 Å². The lowest BCUT2D eigenvalue weighted by Gasteiger charge is -2.23. The van der Waals surface area contributed by atoms with Gasteiger partial charge in [0.05, 0.1) is 18.0 Å². The molecular formula is C19H17F3N4O. The maximum atomic E-state index is 12.8. The smallest absolute Gasteiger partial charge is 0.332 e. The van der Waals surface area contributed by atoms with Crippen LogP contribution in [0.2, 0.25) is 0 Å². The molecule has 3 heterocycles. The first-order valence-electron chi connectivity index (χ1n) is 8.69. The average Bonchev–Trinajstić information content (AvgIpc) is 3.28. The summed E-state index contributed by atoms with van der Waals surface area (Å²) in [5.41, 5.74) is 0.562. The van der Waals surface area contributed by atoms with Gasteiger partial charge in [-0.3, -0.25) is 9.20 Å². The highest BCUT2D eigenvalue weighted by atomic mass is 19.4. The van der Waals surface area contributed by atoms with Crippen LogP contribution >= 0.6 is 0 Å². The number of hydrogen-bond acceptors (Lipinski definition) is 3. The summed E-state index contributed by atoms with van der Waals surface area (Å²) in [6.45, 7) is 0.603. The van der Waals surface area contributed by atoms with Crippen LogP contribution in [0.5, 0.6) is 0 Å². The minimum absolute atomic E-state index is 0.0609. The van der Waals surface area contributed by atoms with Crippen LogP contribution in [0, 0.1) is 0 Å². The zero-order valence-corrected chi connectivity index (χ0v) is 14.4. The predicted molar refractivity (Wildman–Crippen MR) is 91.8 cm³/mol. The first-order valence-corrected chi connectivity index (χ1v) is 8.69. The van der Waals surface area contributed by atoms with E-state index in [9.17, 15) is 18.0 Å². The minimum atomic E-state index is -4.38. The molecule has 27 heavy (non-hydrogen) atoms. The number of benzene rings is 1. The molecule has 0 bridgehead atoms. The number of amides is 1. The van der Waals surface area contributed by atoms with Crippen LogP contribution in [-0.4, -0.2) is 31.9 Å². The number of halogens is 3. The third kappa shape index (κ3) is 3.39. The quantitative estimate of drug-likeness (QED) is 0.703. The van der Waals surface area contributed by atoms with E-state index in [2.05, 4.69) is 10.2 Å². The van der Waals surface area contributed by atoms with Gasteiger partial charge < -0.3 is 4.90 Å². The molecule has 3 aromatic rings. The zero-order valence-electron chi connectivity index (χ0n) is 14.4. The molecule has 5 nitrogen and oxygen atoms in total. The largest absolute Gasteiger partial charge is 0.416 e. The molecule has 0 N–H and O–H groups in total. The van der Waals surface area contributed by atoms with Gasteiger partial charge in [-0.2, -0.15) is 13.2 Å². The lowest BCUT2D eigenvalue weighted by atomic mass is 10.1. The average molecular weight is 374 g/mol. The third-order valence-electron chi connectivity index (χ3n) is 4.85. The van der Waals surface area contributed by atoms with E-state index in [1.807, 2.05) is 28.8 Å². The minimum Gasteiger partial charge on any atom is -0.332 e. The van der Waals surface area contributed by atoms with E-state index in [0.29, 0.717) is 17.9 Å². The molecular weight excluding hydrogens is 357 g/mol. The molecule has 0 radical (unpaired) electrons. The number of pyridine rings is 1. The van der Waals surface area contributed by atoms with Crippen LogP contribution in [0.3, 0.4) is 0 Å². The molecule has 1 saturated heterocycles. The fourth-order valence-corrected chi connectivity index (χ4v) is 3.51. The van der Waals surface area contributed by atoms with E-state index in [4.69, 9.17) is 0 Å². The van der Waals surface area contributed by atoms with Crippen LogP contribution in [0.15, 0.2) is 48.7 Å². The molecule has 4 rings (SSSR count). The van der Waals surface area contributed by atoms with Gasteiger partial charge in [0.25, 0.3) is 0 Å². The lowest BCUT2D eigenvalue weighted by molar-refractivity contribution is -0.137. The molecule has 140 valence electrons. The van der Waals surface area contributed by atoms with Gasteiger partial charge in [-0.25, -0.2) is 0 Å². The molecule has 8 heteroatoms. The Morgan fingerprint density at radius 3 is 2.63 bits per heavy atom. The normalized spacial score (nSPS) is 17.6. The summed E-state index contributed by atoms with van der Waals surface area (Å²) < 4.78 is 39.9. The van der Waals surface area contributed by atoms with Gasteiger partial charge in [-0.15, -0.1) is 10.2 Å². The van der Waals surface area contributed by atoms with Gasteiger partial charge in [0.1, 0.15) is 0 Å². The number of hydrogen-bond donors (Lipinski definition) is 0. The van der Waals surface area contributed by atoms with Crippen LogP contribution in [0.4, 0.5) is 13.2 Å². The number of rotatable bonds is 3. The molecule has 1 atom stereocenters. The Morgan fingerprint density at radius 2 is 1.89 bits per heavy atom. The molecule has 1 aliphatic rings. The molecule has 0 unspecified atom stereocenters. The SMILES string of the molecule is O=C(Cc1ccc(C(F)(F)F)cc1)N1CCC[C@H]1c1nnc2ccccn12. The highest BCUT2D eigenvalue weighted by molar-refractivity contribution is 5.79. The number of carbonyl (C=O) groups is 1. The number of aromatic nitrogens is 3. The number of fused-ring (bicyclic) bond motifs is 1. The standard InChI is InChI=1S/C19H17F3N4O/c20-19(21,22)14-8-6-13(7-9-14)12-17(27)25-11-3-4-15(25)18-24-23-16-5-1-2-10-26(16)18/h1-2,5-10,15H,3-4,11-12H2/t15-/m0/s1. The van der Waals surface area contributed by atoms with Crippen LogP contribution in [-0.2, 0) is 17.4 Å². The Balaban J connectivity index is 1.53. The van der Waals surface area contributed by atoms with Crippen molar-refractivity contribution < 1.29 is 18.0 Å². The van der Waals surface area contributed by atoms with E-state index in [1.54, 1.807) is 4.90 Å². The maximum Gasteiger partial charge on any atom is 0.416 e. The van der Waals surface area contributed by atoms with Gasteiger partial charge in [0.2, 0.25) is 5.91 Å². The lowest BCUT2D eigenvalue weighted by Crippen LogP contribution is -2.32. The maximum absolute atomic E-state index is 12.8. The van der Waals surface area contributed by atoms with Gasteiger partial charge in [0, 0.05) is 12.7 Å². The Morgan fingerprint density at radius 1 is 1.11 bits per heavy atom. The Hall–Kier alpha value is -2.90. The van der Waals surface area contributed by atoms with Crippen LogP contribution in [0.1, 0.15) is 35.8 Å². The molecule has 1 aliphatic heterocycles. The number of nitrogens with zero attached hydrogens (tertiary/aromatic N) is 4. The first kappa shape index (κ1) is 17.5. The zero-order chi connectivity index (χ0) is 19.0. The molecule has 1 fully saturated rings. The van der Waals surface area contributed by atoms with Crippen molar-refractivity contribution in [2.24, 2.45) is 0 Å². The fourth-order valence-electron chi connectivity index (χ4n) is 3.51. The summed E-state index contributed by atoms with van der Waals surface area (Å²) in [5, 5.41) is 8.39. The van der Waals surface area contributed by atoms with E-state index in [0.717, 1.165) is 30.6 Å². The van der Waals surface area contributed by atoms with Crippen molar-refractivity contribution in [3.8, 4) is 0 Å². The van der Waals surface area contributed by atoms with Crippen molar-refractivity contribution in [3.05, 3.63) is 65.6 Å². The summed E-state index contributed by atoms with van der Waals surface area (Å²) in [6.07, 6.45) is -0.816. The predicted octanol–water partition coefficient (Wildman–Crippen LogP) is 3.65. The van der Waals surface area contributed by atoms with Crippen molar-refractivity contribution in [1.29, 1.82) is 0 Å². The van der Waals surface area contributed by atoms with Crippen molar-refractivity contribution in [2.45, 2.75) is 31.5 Å². The second-order valence-corrected chi connectivity index (χ2v) is 6.60. The summed E-state index contributed by atoms with van der Waals surface area (Å²) in [7, 11) is 0. The summed E-state index contributed by atoms with van der Waals surface area (Å²) >= 11 is 0. The van der Waals surface area contributed by atoms with Crippen LogP contribution in [0.25, 0.3) is 5.65 Å². The molecule has 1 amide bonds. The highest BCUT2D eigenvalue weighted by Gasteiger charge is 2.33. The summed E-state index contributed by atoms with van der Waals surface area (Å²) in [6, 6.07) is 10.2. The van der Waals surface area contributed by atoms with E-state index < -0.39 is 11.7 Å². The molecule has 2 aromatic heterocycles. The summed E-state index contributed by atoms with van der Waals surface area (Å²) in [4.78, 5) is 14.5. The van der Waals surface area contributed by atoms with Gasteiger partial charge in [0.15, 0.2) is 11.5 Å². The Kier molecular flexibility index (Phi) is 4.33. The Bertz CT molecular complexity index is 965. The number of alkyl halides is 3. The fraction of sp³-hybridized carbons (Fsp3) is 0.316. The third-order valence-corrected chi connectivity index (χ3v) is 4.85. The Labute approximate surface area is 153 Å². The van der Waals surface area contributed by atoms with Crippen molar-refractivity contribution in [2.75, 3.05) is 6.54 Å². The van der Waals surface area contributed by atoms with Crippen molar-refractivity contribution in [1.82, 2.24) is 19.5 Å². The van der Waals surface area contributed by atoms with E-state index in [1.165, 1.54) is 12.1 Å². The second kappa shape index (κ2) is 6.68. The molecule has 0 aliphatic carbocycles. The topological polar surface area (TPSA) is 50.5 Å². The van der Waals surface area contributed by atoms with Gasteiger partial charge >= 0.3 is 6.18 Å². The monoisotopic (exact) mass is 374 g/mol. The van der Waals surface area contributed by atoms with E-state index >= 15 is 0 Å². The van der Waals surface area contributed by atoms with Crippen molar-refractivity contribution >= 4 is 11.6 Å². The van der Waals surface area contributed by atoms with Crippen LogP contribution < -0.4 is 0 Å².